The summed E-state index contributed by atoms with van der Waals surface area (Å²) in [6.07, 6.45) is 6.26. The summed E-state index contributed by atoms with van der Waals surface area (Å²) in [5.74, 6) is 0.694. The van der Waals surface area contributed by atoms with E-state index < -0.39 is 0 Å². The van der Waals surface area contributed by atoms with Gasteiger partial charge in [-0.25, -0.2) is 0 Å². The third-order valence-corrected chi connectivity index (χ3v) is 5.55. The SMILES string of the molecule is C[C@@H](C(=O)NCc1cccs1)N1CCC(c2cnn(C)c2)CC1. The lowest BCUT2D eigenvalue weighted by molar-refractivity contribution is -0.126. The Morgan fingerprint density at radius 2 is 2.26 bits per heavy atom. The first-order chi connectivity index (χ1) is 11.1. The van der Waals surface area contributed by atoms with E-state index in [4.69, 9.17) is 0 Å². The molecule has 1 saturated heterocycles. The maximum absolute atomic E-state index is 12.3. The number of carbonyl (C=O) groups excluding carboxylic acids is 1. The van der Waals surface area contributed by atoms with Gasteiger partial charge in [0.2, 0.25) is 5.91 Å². The van der Waals surface area contributed by atoms with E-state index in [0.717, 1.165) is 25.9 Å². The van der Waals surface area contributed by atoms with Crippen LogP contribution in [0.25, 0.3) is 0 Å². The summed E-state index contributed by atoms with van der Waals surface area (Å²) in [4.78, 5) is 15.8. The van der Waals surface area contributed by atoms with Crippen LogP contribution in [0.1, 0.15) is 36.1 Å². The van der Waals surface area contributed by atoms with Gasteiger partial charge in [-0.3, -0.25) is 14.4 Å². The van der Waals surface area contributed by atoms with Gasteiger partial charge in [0, 0.05) is 18.1 Å². The number of aryl methyl sites for hydroxylation is 1. The molecule has 3 rings (SSSR count). The van der Waals surface area contributed by atoms with E-state index in [2.05, 4.69) is 27.6 Å². The summed E-state index contributed by atoms with van der Waals surface area (Å²) in [5.41, 5.74) is 1.32. The van der Waals surface area contributed by atoms with Crippen molar-refractivity contribution in [1.29, 1.82) is 0 Å². The highest BCUT2D eigenvalue weighted by molar-refractivity contribution is 7.09. The molecular weight excluding hydrogens is 308 g/mol. The summed E-state index contributed by atoms with van der Waals surface area (Å²) in [7, 11) is 1.96. The fourth-order valence-corrected chi connectivity index (χ4v) is 3.82. The Kier molecular flexibility index (Phi) is 5.13. The van der Waals surface area contributed by atoms with Gasteiger partial charge in [-0.05, 0) is 55.8 Å². The first-order valence-electron chi connectivity index (χ1n) is 8.16. The lowest BCUT2D eigenvalue weighted by Crippen LogP contribution is -2.47. The van der Waals surface area contributed by atoms with Gasteiger partial charge in [0.15, 0.2) is 0 Å². The van der Waals surface area contributed by atoms with Gasteiger partial charge < -0.3 is 5.32 Å². The number of nitrogens with one attached hydrogen (secondary N) is 1. The minimum atomic E-state index is -0.0650. The molecule has 6 heteroatoms. The largest absolute Gasteiger partial charge is 0.350 e. The zero-order chi connectivity index (χ0) is 16.2. The van der Waals surface area contributed by atoms with Crippen molar-refractivity contribution in [2.24, 2.45) is 7.05 Å². The average Bonchev–Trinajstić information content (AvgIpc) is 3.23. The predicted molar refractivity (Wildman–Crippen MR) is 92.4 cm³/mol. The molecule has 124 valence electrons. The van der Waals surface area contributed by atoms with Crippen molar-refractivity contribution in [1.82, 2.24) is 20.0 Å². The van der Waals surface area contributed by atoms with E-state index in [1.165, 1.54) is 10.4 Å². The number of nitrogens with zero attached hydrogens (tertiary/aromatic N) is 3. The fraction of sp³-hybridized carbons (Fsp3) is 0.529. The molecule has 1 aliphatic heterocycles. The maximum Gasteiger partial charge on any atom is 0.237 e. The number of hydrogen-bond donors (Lipinski definition) is 1. The number of rotatable bonds is 5. The zero-order valence-corrected chi connectivity index (χ0v) is 14.6. The summed E-state index contributed by atoms with van der Waals surface area (Å²) >= 11 is 1.68. The zero-order valence-electron chi connectivity index (χ0n) is 13.7. The quantitative estimate of drug-likeness (QED) is 0.914. The van der Waals surface area contributed by atoms with Crippen LogP contribution >= 0.6 is 11.3 Å². The number of aromatic nitrogens is 2. The van der Waals surface area contributed by atoms with Crippen molar-refractivity contribution < 1.29 is 4.79 Å². The van der Waals surface area contributed by atoms with Crippen LogP contribution in [0.2, 0.25) is 0 Å². The summed E-state index contributed by atoms with van der Waals surface area (Å²) in [6, 6.07) is 4.00. The maximum atomic E-state index is 12.3. The molecule has 1 amide bonds. The molecule has 23 heavy (non-hydrogen) atoms. The van der Waals surface area contributed by atoms with Crippen molar-refractivity contribution in [2.45, 2.75) is 38.3 Å². The van der Waals surface area contributed by atoms with E-state index in [1.807, 2.05) is 36.3 Å². The molecular formula is C17H24N4OS. The standard InChI is InChI=1S/C17H24N4OS/c1-13(17(22)18-11-16-4-3-9-23-16)21-7-5-14(6-8-21)15-10-19-20(2)12-15/h3-4,9-10,12-14H,5-8,11H2,1-2H3,(H,18,22)/t13-/m0/s1. The number of likely N-dealkylation sites (tertiary alicyclic amines) is 1. The van der Waals surface area contributed by atoms with Crippen molar-refractivity contribution in [3.05, 3.63) is 40.3 Å². The van der Waals surface area contributed by atoms with Gasteiger partial charge in [0.05, 0.1) is 18.8 Å². The van der Waals surface area contributed by atoms with Crippen LogP contribution in [0, 0.1) is 0 Å². The molecule has 0 bridgehead atoms. The van der Waals surface area contributed by atoms with Gasteiger partial charge >= 0.3 is 0 Å². The number of thiophene rings is 1. The Hall–Kier alpha value is -1.66. The topological polar surface area (TPSA) is 50.2 Å². The fourth-order valence-electron chi connectivity index (χ4n) is 3.17. The molecule has 0 unspecified atom stereocenters. The van der Waals surface area contributed by atoms with Crippen molar-refractivity contribution in [3.63, 3.8) is 0 Å². The third kappa shape index (κ3) is 4.00. The first kappa shape index (κ1) is 16.2. The summed E-state index contributed by atoms with van der Waals surface area (Å²) < 4.78 is 1.86. The molecule has 2 aromatic heterocycles. The second kappa shape index (κ2) is 7.27. The van der Waals surface area contributed by atoms with E-state index in [-0.39, 0.29) is 11.9 Å². The van der Waals surface area contributed by atoms with E-state index in [1.54, 1.807) is 11.3 Å². The second-order valence-corrected chi connectivity index (χ2v) is 7.26. The van der Waals surface area contributed by atoms with Crippen LogP contribution in [0.5, 0.6) is 0 Å². The number of piperidine rings is 1. The molecule has 1 N–H and O–H groups in total. The van der Waals surface area contributed by atoms with Crippen LogP contribution in [0.3, 0.4) is 0 Å². The lowest BCUT2D eigenvalue weighted by Gasteiger charge is -2.35. The van der Waals surface area contributed by atoms with E-state index in [0.29, 0.717) is 12.5 Å². The first-order valence-corrected chi connectivity index (χ1v) is 9.04. The molecule has 5 nitrogen and oxygen atoms in total. The van der Waals surface area contributed by atoms with Gasteiger partial charge in [-0.1, -0.05) is 6.07 Å². The molecule has 0 saturated carbocycles. The number of carbonyl (C=O) groups is 1. The van der Waals surface area contributed by atoms with Gasteiger partial charge in [0.25, 0.3) is 0 Å². The Balaban J connectivity index is 1.47. The molecule has 0 radical (unpaired) electrons. The molecule has 3 heterocycles. The molecule has 1 fully saturated rings. The highest BCUT2D eigenvalue weighted by Crippen LogP contribution is 2.28. The Morgan fingerprint density at radius 3 is 2.87 bits per heavy atom. The van der Waals surface area contributed by atoms with Crippen LogP contribution < -0.4 is 5.32 Å². The highest BCUT2D eigenvalue weighted by Gasteiger charge is 2.27. The normalized spacial score (nSPS) is 18.0. The Labute approximate surface area is 141 Å². The molecule has 0 aromatic carbocycles. The van der Waals surface area contributed by atoms with E-state index in [9.17, 15) is 4.79 Å². The molecule has 1 aliphatic rings. The van der Waals surface area contributed by atoms with Crippen molar-refractivity contribution >= 4 is 17.2 Å². The number of amides is 1. The summed E-state index contributed by atoms with van der Waals surface area (Å²) in [6.45, 7) is 4.57. The van der Waals surface area contributed by atoms with Gasteiger partial charge in [-0.2, -0.15) is 5.10 Å². The van der Waals surface area contributed by atoms with Crippen LogP contribution in [-0.4, -0.2) is 39.7 Å². The highest BCUT2D eigenvalue weighted by atomic mass is 32.1. The van der Waals surface area contributed by atoms with Crippen molar-refractivity contribution in [3.8, 4) is 0 Å². The predicted octanol–water partition coefficient (Wildman–Crippen LogP) is 2.37. The van der Waals surface area contributed by atoms with Crippen molar-refractivity contribution in [2.75, 3.05) is 13.1 Å². The molecule has 1 atom stereocenters. The molecule has 0 aliphatic carbocycles. The minimum Gasteiger partial charge on any atom is -0.350 e. The van der Waals surface area contributed by atoms with Crippen LogP contribution in [0.15, 0.2) is 29.9 Å². The third-order valence-electron chi connectivity index (χ3n) is 4.67. The molecule has 0 spiro atoms. The monoisotopic (exact) mass is 332 g/mol. The minimum absolute atomic E-state index is 0.0650. The average molecular weight is 332 g/mol. The number of hydrogen-bond acceptors (Lipinski definition) is 4. The van der Waals surface area contributed by atoms with Crippen LogP contribution in [0.4, 0.5) is 0 Å². The molecule has 2 aromatic rings. The second-order valence-electron chi connectivity index (χ2n) is 6.23. The Morgan fingerprint density at radius 1 is 1.48 bits per heavy atom. The van der Waals surface area contributed by atoms with E-state index >= 15 is 0 Å². The Bertz CT molecular complexity index is 629. The van der Waals surface area contributed by atoms with Crippen LogP contribution in [-0.2, 0) is 18.4 Å². The smallest absolute Gasteiger partial charge is 0.237 e. The van der Waals surface area contributed by atoms with Gasteiger partial charge in [0.1, 0.15) is 0 Å². The lowest BCUT2D eigenvalue weighted by atomic mass is 9.91. The van der Waals surface area contributed by atoms with Gasteiger partial charge in [-0.15, -0.1) is 11.3 Å². The summed E-state index contributed by atoms with van der Waals surface area (Å²) in [5, 5.41) is 9.34.